The standard InChI is InChI=1S/C9H10N6O2/c1-5-12-9(17-15-5)14-8(16)6-3-11-4-7(10-2)13-6/h3-4H,1-2H3,(H,10,13)(H,12,14,15,16). The largest absolute Gasteiger partial charge is 0.372 e. The summed E-state index contributed by atoms with van der Waals surface area (Å²) < 4.78 is 4.76. The fraction of sp³-hybridized carbons (Fsp3) is 0.222. The predicted octanol–water partition coefficient (Wildman–Crippen LogP) is 0.462. The molecule has 0 saturated carbocycles. The molecule has 0 aliphatic rings. The molecule has 8 nitrogen and oxygen atoms in total. The number of nitrogens with zero attached hydrogens (tertiary/aromatic N) is 4. The van der Waals surface area contributed by atoms with Gasteiger partial charge in [0, 0.05) is 7.05 Å². The Hall–Kier alpha value is -2.51. The van der Waals surface area contributed by atoms with E-state index in [4.69, 9.17) is 4.52 Å². The minimum atomic E-state index is -0.460. The SMILES string of the molecule is CNc1cncc(C(=O)Nc2nc(C)no2)n1. The Kier molecular flexibility index (Phi) is 2.95. The average molecular weight is 234 g/mol. The van der Waals surface area contributed by atoms with Gasteiger partial charge in [-0.2, -0.15) is 4.98 Å². The van der Waals surface area contributed by atoms with E-state index in [0.29, 0.717) is 11.6 Å². The lowest BCUT2D eigenvalue weighted by molar-refractivity contribution is 0.101. The number of hydrogen-bond donors (Lipinski definition) is 2. The van der Waals surface area contributed by atoms with E-state index in [2.05, 4.69) is 30.7 Å². The number of carbonyl (C=O) groups excluding carboxylic acids is 1. The summed E-state index contributed by atoms with van der Waals surface area (Å²) in [5.74, 6) is 0.480. The van der Waals surface area contributed by atoms with E-state index >= 15 is 0 Å². The molecular formula is C9H10N6O2. The van der Waals surface area contributed by atoms with Crippen molar-refractivity contribution >= 4 is 17.7 Å². The van der Waals surface area contributed by atoms with Crippen molar-refractivity contribution in [2.45, 2.75) is 6.92 Å². The minimum absolute atomic E-state index is 0.0316. The summed E-state index contributed by atoms with van der Waals surface area (Å²) in [4.78, 5) is 23.5. The molecule has 2 aromatic rings. The summed E-state index contributed by atoms with van der Waals surface area (Å²) in [5, 5.41) is 8.75. The molecule has 0 aliphatic heterocycles. The molecule has 0 saturated heterocycles. The van der Waals surface area contributed by atoms with Gasteiger partial charge in [0.1, 0.15) is 11.5 Å². The Morgan fingerprint density at radius 2 is 2.18 bits per heavy atom. The van der Waals surface area contributed by atoms with Crippen LogP contribution in [0, 0.1) is 6.92 Å². The number of nitrogens with one attached hydrogen (secondary N) is 2. The number of amides is 1. The molecule has 0 spiro atoms. The molecule has 0 unspecified atom stereocenters. The van der Waals surface area contributed by atoms with Crippen molar-refractivity contribution in [3.63, 3.8) is 0 Å². The van der Waals surface area contributed by atoms with Crippen LogP contribution in [0.1, 0.15) is 16.3 Å². The zero-order valence-corrected chi connectivity index (χ0v) is 9.26. The van der Waals surface area contributed by atoms with Crippen molar-refractivity contribution in [1.82, 2.24) is 20.1 Å². The molecule has 88 valence electrons. The van der Waals surface area contributed by atoms with Crippen molar-refractivity contribution in [3.8, 4) is 0 Å². The van der Waals surface area contributed by atoms with Gasteiger partial charge in [0.2, 0.25) is 0 Å². The molecule has 2 rings (SSSR count). The molecule has 0 bridgehead atoms. The molecule has 0 radical (unpaired) electrons. The molecular weight excluding hydrogens is 224 g/mol. The van der Waals surface area contributed by atoms with E-state index in [9.17, 15) is 4.79 Å². The Morgan fingerprint density at radius 3 is 2.82 bits per heavy atom. The zero-order valence-electron chi connectivity index (χ0n) is 9.26. The van der Waals surface area contributed by atoms with E-state index in [0.717, 1.165) is 0 Å². The molecule has 0 aromatic carbocycles. The van der Waals surface area contributed by atoms with Gasteiger partial charge in [-0.25, -0.2) is 4.98 Å². The van der Waals surface area contributed by atoms with Crippen LogP contribution in [0.15, 0.2) is 16.9 Å². The molecule has 2 heterocycles. The third-order valence-corrected chi connectivity index (χ3v) is 1.87. The predicted molar refractivity (Wildman–Crippen MR) is 58.6 cm³/mol. The van der Waals surface area contributed by atoms with Crippen molar-refractivity contribution in [1.29, 1.82) is 0 Å². The molecule has 8 heteroatoms. The summed E-state index contributed by atoms with van der Waals surface area (Å²) in [6, 6.07) is 0.0316. The van der Waals surface area contributed by atoms with Crippen LogP contribution >= 0.6 is 0 Å². The minimum Gasteiger partial charge on any atom is -0.372 e. The van der Waals surface area contributed by atoms with Gasteiger partial charge in [0.05, 0.1) is 12.4 Å². The van der Waals surface area contributed by atoms with E-state index in [1.54, 1.807) is 14.0 Å². The smallest absolute Gasteiger partial charge is 0.328 e. The van der Waals surface area contributed by atoms with Crippen LogP contribution in [-0.4, -0.2) is 33.1 Å². The van der Waals surface area contributed by atoms with Gasteiger partial charge in [-0.05, 0) is 6.92 Å². The average Bonchev–Trinajstić information content (AvgIpc) is 2.75. The quantitative estimate of drug-likeness (QED) is 0.794. The lowest BCUT2D eigenvalue weighted by atomic mass is 10.4. The first-order valence-electron chi connectivity index (χ1n) is 4.80. The first-order valence-corrected chi connectivity index (χ1v) is 4.80. The first-order chi connectivity index (χ1) is 8.19. The van der Waals surface area contributed by atoms with Gasteiger partial charge in [-0.1, -0.05) is 5.16 Å². The highest BCUT2D eigenvalue weighted by Gasteiger charge is 2.12. The van der Waals surface area contributed by atoms with Gasteiger partial charge in [0.25, 0.3) is 5.91 Å². The zero-order chi connectivity index (χ0) is 12.3. The summed E-state index contributed by atoms with van der Waals surface area (Å²) in [7, 11) is 1.69. The second-order valence-corrected chi connectivity index (χ2v) is 3.14. The molecule has 2 N–H and O–H groups in total. The van der Waals surface area contributed by atoms with E-state index in [1.807, 2.05) is 0 Å². The van der Waals surface area contributed by atoms with Gasteiger partial charge in [-0.15, -0.1) is 0 Å². The van der Waals surface area contributed by atoms with E-state index in [-0.39, 0.29) is 11.7 Å². The second-order valence-electron chi connectivity index (χ2n) is 3.14. The molecule has 0 fully saturated rings. The Balaban J connectivity index is 2.14. The summed E-state index contributed by atoms with van der Waals surface area (Å²) >= 11 is 0. The molecule has 1 amide bonds. The highest BCUT2D eigenvalue weighted by molar-refractivity contribution is 6.01. The fourth-order valence-electron chi connectivity index (χ4n) is 1.10. The summed E-state index contributed by atoms with van der Waals surface area (Å²) in [6.45, 7) is 1.65. The van der Waals surface area contributed by atoms with Crippen LogP contribution in [0.3, 0.4) is 0 Å². The van der Waals surface area contributed by atoms with Crippen LogP contribution in [-0.2, 0) is 0 Å². The molecule has 0 aliphatic carbocycles. The number of anilines is 2. The number of carbonyl (C=O) groups is 1. The third kappa shape index (κ3) is 2.54. The highest BCUT2D eigenvalue weighted by atomic mass is 16.5. The molecule has 2 aromatic heterocycles. The summed E-state index contributed by atoms with van der Waals surface area (Å²) in [5.41, 5.74) is 0.160. The van der Waals surface area contributed by atoms with Gasteiger partial charge < -0.3 is 9.84 Å². The highest BCUT2D eigenvalue weighted by Crippen LogP contribution is 2.06. The van der Waals surface area contributed by atoms with Crippen molar-refractivity contribution in [2.75, 3.05) is 17.7 Å². The topological polar surface area (TPSA) is 106 Å². The van der Waals surface area contributed by atoms with Gasteiger partial charge in [0.15, 0.2) is 5.82 Å². The fourth-order valence-corrected chi connectivity index (χ4v) is 1.10. The normalized spacial score (nSPS) is 10.0. The lowest BCUT2D eigenvalue weighted by Gasteiger charge is -2.01. The van der Waals surface area contributed by atoms with Crippen molar-refractivity contribution in [3.05, 3.63) is 23.9 Å². The number of hydrogen-bond acceptors (Lipinski definition) is 7. The number of aryl methyl sites for hydroxylation is 1. The Bertz CT molecular complexity index is 538. The third-order valence-electron chi connectivity index (χ3n) is 1.87. The first kappa shape index (κ1) is 11.0. The van der Waals surface area contributed by atoms with Crippen LogP contribution in [0.4, 0.5) is 11.8 Å². The number of aromatic nitrogens is 4. The second kappa shape index (κ2) is 4.56. The van der Waals surface area contributed by atoms with E-state index in [1.165, 1.54) is 12.4 Å². The summed E-state index contributed by atoms with van der Waals surface area (Å²) in [6.07, 6.45) is 2.85. The maximum atomic E-state index is 11.7. The maximum Gasteiger partial charge on any atom is 0.328 e. The van der Waals surface area contributed by atoms with Crippen molar-refractivity contribution in [2.24, 2.45) is 0 Å². The van der Waals surface area contributed by atoms with E-state index < -0.39 is 5.91 Å². The van der Waals surface area contributed by atoms with Crippen molar-refractivity contribution < 1.29 is 9.32 Å². The molecule has 0 atom stereocenters. The van der Waals surface area contributed by atoms with Crippen LogP contribution in [0.2, 0.25) is 0 Å². The Labute approximate surface area is 96.5 Å². The maximum absolute atomic E-state index is 11.7. The monoisotopic (exact) mass is 234 g/mol. The Morgan fingerprint density at radius 1 is 1.35 bits per heavy atom. The lowest BCUT2D eigenvalue weighted by Crippen LogP contribution is -2.15. The van der Waals surface area contributed by atoms with Gasteiger partial charge >= 0.3 is 6.01 Å². The number of rotatable bonds is 3. The van der Waals surface area contributed by atoms with Crippen LogP contribution in [0.25, 0.3) is 0 Å². The van der Waals surface area contributed by atoms with Crippen LogP contribution in [0.5, 0.6) is 0 Å². The van der Waals surface area contributed by atoms with Gasteiger partial charge in [-0.3, -0.25) is 15.1 Å². The molecule has 17 heavy (non-hydrogen) atoms. The van der Waals surface area contributed by atoms with Crippen LogP contribution < -0.4 is 10.6 Å².